The van der Waals surface area contributed by atoms with Crippen molar-refractivity contribution in [3.8, 4) is 17.3 Å². The molecule has 19 heavy (non-hydrogen) atoms. The third kappa shape index (κ3) is 1.98. The van der Waals surface area contributed by atoms with Gasteiger partial charge >= 0.3 is 0 Å². The van der Waals surface area contributed by atoms with Crippen molar-refractivity contribution in [3.63, 3.8) is 0 Å². The Morgan fingerprint density at radius 3 is 2.53 bits per heavy atom. The minimum Gasteiger partial charge on any atom is -0.383 e. The quantitative estimate of drug-likeness (QED) is 0.716. The summed E-state index contributed by atoms with van der Waals surface area (Å²) in [7, 11) is 0. The van der Waals surface area contributed by atoms with Gasteiger partial charge in [0.25, 0.3) is 0 Å². The van der Waals surface area contributed by atoms with Gasteiger partial charge in [0.2, 0.25) is 0 Å². The summed E-state index contributed by atoms with van der Waals surface area (Å²) in [5.41, 5.74) is 8.50. The zero-order valence-electron chi connectivity index (χ0n) is 10.0. The van der Waals surface area contributed by atoms with E-state index in [4.69, 9.17) is 11.0 Å². The maximum Gasteiger partial charge on any atom is 0.162 e. The van der Waals surface area contributed by atoms with E-state index in [-0.39, 0.29) is 5.82 Å². The molecule has 1 aromatic carbocycles. The number of fused-ring (bicyclic) bond motifs is 1. The van der Waals surface area contributed by atoms with Crippen LogP contribution in [0.2, 0.25) is 0 Å². The monoisotopic (exact) mass is 246 g/mol. The molecule has 0 spiro atoms. The number of nitriles is 1. The first kappa shape index (κ1) is 11.2. The highest BCUT2D eigenvalue weighted by atomic mass is 14.9. The van der Waals surface area contributed by atoms with E-state index < -0.39 is 0 Å². The second kappa shape index (κ2) is 4.39. The van der Waals surface area contributed by atoms with E-state index in [9.17, 15) is 0 Å². The summed E-state index contributed by atoms with van der Waals surface area (Å²) < 4.78 is 0. The van der Waals surface area contributed by atoms with Crippen molar-refractivity contribution in [1.82, 2.24) is 9.97 Å². The summed E-state index contributed by atoms with van der Waals surface area (Å²) in [5.74, 6) is 0.215. The Labute approximate surface area is 110 Å². The molecule has 0 aliphatic carbocycles. The molecule has 0 amide bonds. The van der Waals surface area contributed by atoms with Gasteiger partial charge in [0.05, 0.1) is 11.3 Å². The highest BCUT2D eigenvalue weighted by Crippen LogP contribution is 2.22. The summed E-state index contributed by atoms with van der Waals surface area (Å²) in [6.07, 6.45) is 0. The van der Waals surface area contributed by atoms with Gasteiger partial charge in [-0.1, -0.05) is 30.3 Å². The first-order chi connectivity index (χ1) is 9.28. The molecule has 0 aliphatic heterocycles. The Bertz CT molecular complexity index is 788. The maximum atomic E-state index is 8.92. The van der Waals surface area contributed by atoms with Crippen molar-refractivity contribution in [3.05, 3.63) is 54.1 Å². The number of hydrogen-bond donors (Lipinski definition) is 1. The van der Waals surface area contributed by atoms with Crippen LogP contribution < -0.4 is 5.73 Å². The molecule has 3 rings (SSSR count). The topological polar surface area (TPSA) is 75.6 Å². The lowest BCUT2D eigenvalue weighted by atomic mass is 10.1. The summed E-state index contributed by atoms with van der Waals surface area (Å²) in [4.78, 5) is 8.66. The molecule has 0 saturated heterocycles. The van der Waals surface area contributed by atoms with Crippen LogP contribution in [0, 0.1) is 11.3 Å². The van der Waals surface area contributed by atoms with Crippen LogP contribution in [0.5, 0.6) is 0 Å². The molecule has 0 bridgehead atoms. The standard InChI is InChI=1S/C15H10N4/c16-9-12-8-11-6-7-13(10-4-2-1-3-5-10)18-15(11)19-14(12)17/h1-8H,(H2,17,18,19). The number of nitrogens with zero attached hydrogens (tertiary/aromatic N) is 3. The van der Waals surface area contributed by atoms with Crippen LogP contribution in [0.3, 0.4) is 0 Å². The molecule has 0 fully saturated rings. The predicted octanol–water partition coefficient (Wildman–Crippen LogP) is 2.75. The van der Waals surface area contributed by atoms with Gasteiger partial charge in [0, 0.05) is 10.9 Å². The van der Waals surface area contributed by atoms with Crippen LogP contribution in [0.4, 0.5) is 5.82 Å². The van der Waals surface area contributed by atoms with Gasteiger partial charge in [-0.05, 0) is 18.2 Å². The van der Waals surface area contributed by atoms with Gasteiger partial charge in [-0.15, -0.1) is 0 Å². The zero-order chi connectivity index (χ0) is 13.2. The van der Waals surface area contributed by atoms with Crippen LogP contribution >= 0.6 is 0 Å². The molecule has 90 valence electrons. The normalized spacial score (nSPS) is 10.3. The van der Waals surface area contributed by atoms with Crippen molar-refractivity contribution in [2.45, 2.75) is 0 Å². The second-order valence-corrected chi connectivity index (χ2v) is 4.14. The van der Waals surface area contributed by atoms with E-state index in [1.54, 1.807) is 6.07 Å². The van der Waals surface area contributed by atoms with Crippen molar-refractivity contribution in [1.29, 1.82) is 5.26 Å². The number of anilines is 1. The summed E-state index contributed by atoms with van der Waals surface area (Å²) in [6, 6.07) is 17.4. The van der Waals surface area contributed by atoms with E-state index >= 15 is 0 Å². The van der Waals surface area contributed by atoms with Crippen LogP contribution in [-0.2, 0) is 0 Å². The molecule has 2 N–H and O–H groups in total. The Kier molecular flexibility index (Phi) is 2.58. The third-order valence-electron chi connectivity index (χ3n) is 2.90. The van der Waals surface area contributed by atoms with E-state index in [1.807, 2.05) is 48.5 Å². The first-order valence-corrected chi connectivity index (χ1v) is 5.81. The van der Waals surface area contributed by atoms with Crippen LogP contribution in [0.1, 0.15) is 5.56 Å². The van der Waals surface area contributed by atoms with E-state index in [0.29, 0.717) is 11.2 Å². The lowest BCUT2D eigenvalue weighted by molar-refractivity contribution is 1.28. The molecular weight excluding hydrogens is 236 g/mol. The smallest absolute Gasteiger partial charge is 0.162 e. The van der Waals surface area contributed by atoms with Gasteiger partial charge in [0.1, 0.15) is 11.9 Å². The fraction of sp³-hybridized carbons (Fsp3) is 0. The molecule has 0 unspecified atom stereocenters. The van der Waals surface area contributed by atoms with E-state index in [1.165, 1.54) is 0 Å². The lowest BCUT2D eigenvalue weighted by Gasteiger charge is -2.04. The number of pyridine rings is 2. The molecule has 0 atom stereocenters. The Morgan fingerprint density at radius 2 is 1.79 bits per heavy atom. The van der Waals surface area contributed by atoms with Crippen LogP contribution in [0.15, 0.2) is 48.5 Å². The molecule has 0 aliphatic rings. The predicted molar refractivity (Wildman–Crippen MR) is 74.1 cm³/mol. The highest BCUT2D eigenvalue weighted by Gasteiger charge is 2.06. The second-order valence-electron chi connectivity index (χ2n) is 4.14. The van der Waals surface area contributed by atoms with Gasteiger partial charge in [-0.25, -0.2) is 9.97 Å². The number of nitrogens with two attached hydrogens (primary N) is 1. The Morgan fingerprint density at radius 1 is 1.00 bits per heavy atom. The zero-order valence-corrected chi connectivity index (χ0v) is 10.0. The van der Waals surface area contributed by atoms with Gasteiger partial charge in [-0.3, -0.25) is 0 Å². The summed E-state index contributed by atoms with van der Waals surface area (Å²) >= 11 is 0. The van der Waals surface area contributed by atoms with Gasteiger partial charge < -0.3 is 5.73 Å². The molecule has 4 heteroatoms. The minimum atomic E-state index is 0.215. The average Bonchev–Trinajstić information content (AvgIpc) is 2.47. The highest BCUT2D eigenvalue weighted by molar-refractivity contribution is 5.81. The molecule has 2 heterocycles. The number of rotatable bonds is 1. The van der Waals surface area contributed by atoms with Crippen molar-refractivity contribution >= 4 is 16.9 Å². The Hall–Kier alpha value is -2.93. The number of benzene rings is 1. The molecule has 0 saturated carbocycles. The molecule has 4 nitrogen and oxygen atoms in total. The van der Waals surface area contributed by atoms with E-state index in [0.717, 1.165) is 16.6 Å². The average molecular weight is 246 g/mol. The van der Waals surface area contributed by atoms with Crippen LogP contribution in [-0.4, -0.2) is 9.97 Å². The SMILES string of the molecule is N#Cc1cc2ccc(-c3ccccc3)nc2nc1N. The van der Waals surface area contributed by atoms with Crippen molar-refractivity contribution in [2.24, 2.45) is 0 Å². The fourth-order valence-electron chi connectivity index (χ4n) is 1.92. The molecular formula is C15H10N4. The maximum absolute atomic E-state index is 8.92. The van der Waals surface area contributed by atoms with Crippen molar-refractivity contribution < 1.29 is 0 Å². The minimum absolute atomic E-state index is 0.215. The molecule has 3 aromatic rings. The fourth-order valence-corrected chi connectivity index (χ4v) is 1.92. The molecule has 0 radical (unpaired) electrons. The van der Waals surface area contributed by atoms with Gasteiger partial charge in [-0.2, -0.15) is 5.26 Å². The van der Waals surface area contributed by atoms with Crippen molar-refractivity contribution in [2.75, 3.05) is 5.73 Å². The number of hydrogen-bond acceptors (Lipinski definition) is 4. The lowest BCUT2D eigenvalue weighted by Crippen LogP contribution is -1.97. The first-order valence-electron chi connectivity index (χ1n) is 5.81. The number of aromatic nitrogens is 2. The van der Waals surface area contributed by atoms with Crippen LogP contribution in [0.25, 0.3) is 22.3 Å². The Balaban J connectivity index is 2.20. The van der Waals surface area contributed by atoms with Gasteiger partial charge in [0.15, 0.2) is 5.65 Å². The molecule has 2 aromatic heterocycles. The summed E-state index contributed by atoms with van der Waals surface area (Å²) in [6.45, 7) is 0. The third-order valence-corrected chi connectivity index (χ3v) is 2.90. The number of nitrogen functional groups attached to an aromatic ring is 1. The largest absolute Gasteiger partial charge is 0.383 e. The summed E-state index contributed by atoms with van der Waals surface area (Å²) in [5, 5.41) is 9.73. The van der Waals surface area contributed by atoms with E-state index in [2.05, 4.69) is 9.97 Å².